The highest BCUT2D eigenvalue weighted by atomic mass is 35.5. The van der Waals surface area contributed by atoms with Gasteiger partial charge in [-0.25, -0.2) is 0 Å². The molecule has 5 heteroatoms. The van der Waals surface area contributed by atoms with Crippen molar-refractivity contribution in [1.29, 1.82) is 0 Å². The maximum Gasteiger partial charge on any atom is 0.492 e. The van der Waals surface area contributed by atoms with Gasteiger partial charge >= 0.3 is 7.12 Å². The SMILES string of the molecule is OB(O)c1ccc2cccc(Cl)c2c1O. The number of hydrogen-bond donors (Lipinski definition) is 3. The maximum absolute atomic E-state index is 9.80. The molecular weight excluding hydrogens is 214 g/mol. The van der Waals surface area contributed by atoms with Crippen molar-refractivity contribution < 1.29 is 15.2 Å². The Balaban J connectivity index is 2.83. The van der Waals surface area contributed by atoms with Crippen LogP contribution in [-0.4, -0.2) is 22.3 Å². The number of rotatable bonds is 1. The van der Waals surface area contributed by atoms with Gasteiger partial charge in [-0.15, -0.1) is 0 Å². The van der Waals surface area contributed by atoms with Crippen LogP contribution in [0.15, 0.2) is 30.3 Å². The summed E-state index contributed by atoms with van der Waals surface area (Å²) in [6.45, 7) is 0. The Kier molecular flexibility index (Phi) is 2.56. The van der Waals surface area contributed by atoms with Gasteiger partial charge in [0.1, 0.15) is 5.75 Å². The quantitative estimate of drug-likeness (QED) is 0.628. The molecule has 0 unspecified atom stereocenters. The smallest absolute Gasteiger partial charge is 0.492 e. The number of aromatic hydroxyl groups is 1. The Bertz CT molecular complexity index is 513. The van der Waals surface area contributed by atoms with Gasteiger partial charge in [-0.3, -0.25) is 0 Å². The fraction of sp³-hybridized carbons (Fsp3) is 0. The third-order valence-corrected chi connectivity index (χ3v) is 2.59. The number of phenolic OH excluding ortho intramolecular Hbond substituents is 1. The lowest BCUT2D eigenvalue weighted by Crippen LogP contribution is -2.29. The van der Waals surface area contributed by atoms with E-state index in [1.54, 1.807) is 24.3 Å². The fourth-order valence-corrected chi connectivity index (χ4v) is 1.81. The largest absolute Gasteiger partial charge is 0.508 e. The summed E-state index contributed by atoms with van der Waals surface area (Å²) in [6.07, 6.45) is 0. The van der Waals surface area contributed by atoms with E-state index in [9.17, 15) is 5.11 Å². The predicted molar refractivity (Wildman–Crippen MR) is 60.4 cm³/mol. The van der Waals surface area contributed by atoms with E-state index in [4.69, 9.17) is 21.6 Å². The van der Waals surface area contributed by atoms with Crippen LogP contribution in [0.3, 0.4) is 0 Å². The third kappa shape index (κ3) is 1.67. The van der Waals surface area contributed by atoms with Crippen LogP contribution in [0.1, 0.15) is 0 Å². The molecular formula is C10H8BClO3. The first kappa shape index (κ1) is 10.3. The van der Waals surface area contributed by atoms with Crippen LogP contribution in [0.2, 0.25) is 5.02 Å². The van der Waals surface area contributed by atoms with Crippen molar-refractivity contribution in [3.63, 3.8) is 0 Å². The van der Waals surface area contributed by atoms with Crippen molar-refractivity contribution in [2.24, 2.45) is 0 Å². The molecule has 0 spiro atoms. The molecule has 15 heavy (non-hydrogen) atoms. The molecule has 3 N–H and O–H groups in total. The molecule has 3 nitrogen and oxygen atoms in total. The molecule has 0 aromatic heterocycles. The molecule has 0 radical (unpaired) electrons. The monoisotopic (exact) mass is 222 g/mol. The van der Waals surface area contributed by atoms with E-state index in [-0.39, 0.29) is 11.2 Å². The van der Waals surface area contributed by atoms with Gasteiger partial charge < -0.3 is 15.2 Å². The fourth-order valence-electron chi connectivity index (χ4n) is 1.54. The van der Waals surface area contributed by atoms with E-state index in [2.05, 4.69) is 0 Å². The second-order valence-corrected chi connectivity index (χ2v) is 3.62. The van der Waals surface area contributed by atoms with E-state index in [0.717, 1.165) is 5.39 Å². The number of hydrogen-bond acceptors (Lipinski definition) is 3. The average molecular weight is 222 g/mol. The first-order chi connectivity index (χ1) is 7.11. The van der Waals surface area contributed by atoms with Crippen molar-refractivity contribution in [3.8, 4) is 5.75 Å². The number of fused-ring (bicyclic) bond motifs is 1. The Hall–Kier alpha value is -1.23. The summed E-state index contributed by atoms with van der Waals surface area (Å²) in [6, 6.07) is 8.32. The van der Waals surface area contributed by atoms with Crippen LogP contribution in [0.25, 0.3) is 10.8 Å². The first-order valence-corrected chi connectivity index (χ1v) is 4.75. The number of halogens is 1. The summed E-state index contributed by atoms with van der Waals surface area (Å²) < 4.78 is 0. The van der Waals surface area contributed by atoms with Crippen LogP contribution >= 0.6 is 11.6 Å². The molecule has 0 aliphatic heterocycles. The minimum atomic E-state index is -1.70. The summed E-state index contributed by atoms with van der Waals surface area (Å²) in [7, 11) is -1.70. The minimum absolute atomic E-state index is 0.0515. The average Bonchev–Trinajstić information content (AvgIpc) is 2.17. The molecule has 0 bridgehead atoms. The zero-order valence-corrected chi connectivity index (χ0v) is 8.44. The molecule has 0 aliphatic carbocycles. The van der Waals surface area contributed by atoms with E-state index in [1.165, 1.54) is 6.07 Å². The van der Waals surface area contributed by atoms with Gasteiger partial charge in [0.15, 0.2) is 0 Å². The highest BCUT2D eigenvalue weighted by Crippen LogP contribution is 2.29. The van der Waals surface area contributed by atoms with Gasteiger partial charge in [0, 0.05) is 10.8 Å². The van der Waals surface area contributed by atoms with Gasteiger partial charge in [-0.05, 0) is 11.5 Å². The van der Waals surface area contributed by atoms with Crippen molar-refractivity contribution in [2.45, 2.75) is 0 Å². The lowest BCUT2D eigenvalue weighted by Gasteiger charge is -2.08. The minimum Gasteiger partial charge on any atom is -0.508 e. The van der Waals surface area contributed by atoms with Crippen LogP contribution in [0.4, 0.5) is 0 Å². The molecule has 2 aromatic rings. The Labute approximate surface area is 91.7 Å². The zero-order chi connectivity index (χ0) is 11.0. The molecule has 0 saturated carbocycles. The molecule has 2 rings (SSSR count). The Morgan fingerprint density at radius 2 is 1.80 bits per heavy atom. The summed E-state index contributed by atoms with van der Waals surface area (Å²) in [4.78, 5) is 0. The molecule has 2 aromatic carbocycles. The van der Waals surface area contributed by atoms with Crippen molar-refractivity contribution in [1.82, 2.24) is 0 Å². The second kappa shape index (κ2) is 3.74. The van der Waals surface area contributed by atoms with Gasteiger partial charge in [0.25, 0.3) is 0 Å². The van der Waals surface area contributed by atoms with Crippen LogP contribution in [0.5, 0.6) is 5.75 Å². The zero-order valence-electron chi connectivity index (χ0n) is 7.68. The van der Waals surface area contributed by atoms with Crippen molar-refractivity contribution in [3.05, 3.63) is 35.4 Å². The molecule has 0 saturated heterocycles. The molecule has 0 amide bonds. The van der Waals surface area contributed by atoms with Crippen molar-refractivity contribution >= 4 is 35.0 Å². The van der Waals surface area contributed by atoms with Gasteiger partial charge in [0.05, 0.1) is 5.02 Å². The Morgan fingerprint density at radius 3 is 2.47 bits per heavy atom. The van der Waals surface area contributed by atoms with Gasteiger partial charge in [-0.1, -0.05) is 35.9 Å². The van der Waals surface area contributed by atoms with E-state index < -0.39 is 7.12 Å². The van der Waals surface area contributed by atoms with E-state index in [0.29, 0.717) is 10.4 Å². The summed E-state index contributed by atoms with van der Waals surface area (Å²) in [5, 5.41) is 29.4. The highest BCUT2D eigenvalue weighted by molar-refractivity contribution is 6.60. The summed E-state index contributed by atoms with van der Waals surface area (Å²) >= 11 is 5.92. The van der Waals surface area contributed by atoms with E-state index >= 15 is 0 Å². The first-order valence-electron chi connectivity index (χ1n) is 4.37. The lowest BCUT2D eigenvalue weighted by molar-refractivity contribution is 0.420. The molecule has 76 valence electrons. The van der Waals surface area contributed by atoms with Gasteiger partial charge in [-0.2, -0.15) is 0 Å². The van der Waals surface area contributed by atoms with Gasteiger partial charge in [0.2, 0.25) is 0 Å². The second-order valence-electron chi connectivity index (χ2n) is 3.22. The number of benzene rings is 2. The summed E-state index contributed by atoms with van der Waals surface area (Å²) in [5.41, 5.74) is 0.0515. The third-order valence-electron chi connectivity index (χ3n) is 2.28. The standard InChI is InChI=1S/C10H8BClO3/c12-8-3-1-2-6-4-5-7(11(14)15)10(13)9(6)8/h1-5,13-15H. The molecule has 0 aliphatic rings. The molecule has 0 heterocycles. The normalized spacial score (nSPS) is 10.6. The topological polar surface area (TPSA) is 60.7 Å². The molecule has 0 fully saturated rings. The summed E-state index contributed by atoms with van der Waals surface area (Å²) in [5.74, 6) is -0.187. The van der Waals surface area contributed by atoms with Crippen LogP contribution < -0.4 is 5.46 Å². The van der Waals surface area contributed by atoms with Crippen LogP contribution in [-0.2, 0) is 0 Å². The van der Waals surface area contributed by atoms with Crippen molar-refractivity contribution in [2.75, 3.05) is 0 Å². The lowest BCUT2D eigenvalue weighted by atomic mass is 9.78. The Morgan fingerprint density at radius 1 is 1.07 bits per heavy atom. The predicted octanol–water partition coefficient (Wildman–Crippen LogP) is 0.879. The van der Waals surface area contributed by atoms with E-state index in [1.807, 2.05) is 0 Å². The highest BCUT2D eigenvalue weighted by Gasteiger charge is 2.18. The number of phenols is 1. The molecule has 0 atom stereocenters. The van der Waals surface area contributed by atoms with Crippen LogP contribution in [0, 0.1) is 0 Å². The maximum atomic E-state index is 9.80.